The van der Waals surface area contributed by atoms with E-state index in [0.29, 0.717) is 13.2 Å². The lowest BCUT2D eigenvalue weighted by Gasteiger charge is -2.16. The number of benzene rings is 2. The highest BCUT2D eigenvalue weighted by Gasteiger charge is 2.14. The van der Waals surface area contributed by atoms with Crippen LogP contribution in [0.4, 0.5) is 10.1 Å². The third-order valence-corrected chi connectivity index (χ3v) is 4.18. The van der Waals surface area contributed by atoms with E-state index in [1.807, 2.05) is 24.3 Å². The molecule has 23 heavy (non-hydrogen) atoms. The number of hydrogen-bond donors (Lipinski definition) is 1. The highest BCUT2D eigenvalue weighted by molar-refractivity contribution is 8.14. The highest BCUT2D eigenvalue weighted by Crippen LogP contribution is 2.31. The standard InChI is InChI=1S/C17H15FN2O2S/c18-13-7-5-12(6-8-13)9-19-16(21)11-23-17-10-22-15-4-2-1-3-14(15)20-17/h1-8H,9-11H2,(H,19,21). The van der Waals surface area contributed by atoms with Gasteiger partial charge in [0.2, 0.25) is 5.91 Å². The molecule has 0 radical (unpaired) electrons. The second-order valence-corrected chi connectivity index (χ2v) is 6.00. The molecule has 0 saturated heterocycles. The first-order chi connectivity index (χ1) is 11.2. The molecule has 0 fully saturated rings. The Morgan fingerprint density at radius 2 is 2.00 bits per heavy atom. The summed E-state index contributed by atoms with van der Waals surface area (Å²) in [4.78, 5) is 16.3. The lowest BCUT2D eigenvalue weighted by Crippen LogP contribution is -2.26. The Hall–Kier alpha value is -2.34. The Balaban J connectivity index is 1.48. The fraction of sp³-hybridized carbons (Fsp3) is 0.176. The molecule has 2 aromatic carbocycles. The molecule has 0 saturated carbocycles. The van der Waals surface area contributed by atoms with E-state index in [2.05, 4.69) is 10.3 Å². The maximum Gasteiger partial charge on any atom is 0.230 e. The van der Waals surface area contributed by atoms with Crippen molar-refractivity contribution >= 4 is 28.4 Å². The summed E-state index contributed by atoms with van der Waals surface area (Å²) in [5.74, 6) is 0.649. The molecule has 0 aromatic heterocycles. The van der Waals surface area contributed by atoms with Gasteiger partial charge in [-0.15, -0.1) is 0 Å². The van der Waals surface area contributed by atoms with Gasteiger partial charge in [0.05, 0.1) is 5.75 Å². The zero-order valence-electron chi connectivity index (χ0n) is 12.3. The molecular formula is C17H15FN2O2S. The van der Waals surface area contributed by atoms with Gasteiger partial charge in [-0.2, -0.15) is 0 Å². The van der Waals surface area contributed by atoms with Crippen molar-refractivity contribution < 1.29 is 13.9 Å². The van der Waals surface area contributed by atoms with Crippen molar-refractivity contribution in [3.8, 4) is 5.75 Å². The number of fused-ring (bicyclic) bond motifs is 1. The molecule has 1 N–H and O–H groups in total. The van der Waals surface area contributed by atoms with Crippen LogP contribution in [-0.2, 0) is 11.3 Å². The van der Waals surface area contributed by atoms with Gasteiger partial charge in [-0.25, -0.2) is 9.38 Å². The molecule has 0 unspecified atom stereocenters. The van der Waals surface area contributed by atoms with Crippen LogP contribution in [-0.4, -0.2) is 23.3 Å². The van der Waals surface area contributed by atoms with Gasteiger partial charge in [-0.3, -0.25) is 4.79 Å². The number of carbonyl (C=O) groups is 1. The summed E-state index contributed by atoms with van der Waals surface area (Å²) in [5, 5.41) is 3.58. The van der Waals surface area contributed by atoms with Crippen molar-refractivity contribution in [3.63, 3.8) is 0 Å². The quantitative estimate of drug-likeness (QED) is 0.936. The van der Waals surface area contributed by atoms with Crippen LogP contribution in [0.3, 0.4) is 0 Å². The van der Waals surface area contributed by atoms with Crippen LogP contribution in [0.1, 0.15) is 5.56 Å². The van der Waals surface area contributed by atoms with Gasteiger partial charge in [0, 0.05) is 6.54 Å². The number of rotatable bonds is 4. The molecule has 1 aliphatic heterocycles. The number of halogens is 1. The normalized spacial score (nSPS) is 12.8. The molecule has 4 nitrogen and oxygen atoms in total. The van der Waals surface area contributed by atoms with Crippen molar-refractivity contribution in [2.45, 2.75) is 6.54 Å². The maximum absolute atomic E-state index is 12.8. The second kappa shape index (κ2) is 7.28. The molecule has 6 heteroatoms. The van der Waals surface area contributed by atoms with Crippen LogP contribution in [0.5, 0.6) is 5.75 Å². The van der Waals surface area contributed by atoms with Crippen molar-refractivity contribution in [2.24, 2.45) is 4.99 Å². The smallest absolute Gasteiger partial charge is 0.230 e. The van der Waals surface area contributed by atoms with E-state index in [4.69, 9.17) is 4.74 Å². The predicted molar refractivity (Wildman–Crippen MR) is 89.7 cm³/mol. The number of hydrogen-bond acceptors (Lipinski definition) is 4. The Morgan fingerprint density at radius 3 is 2.83 bits per heavy atom. The predicted octanol–water partition coefficient (Wildman–Crippen LogP) is 3.30. The van der Waals surface area contributed by atoms with Crippen LogP contribution in [0, 0.1) is 5.82 Å². The summed E-state index contributed by atoms with van der Waals surface area (Å²) >= 11 is 1.36. The topological polar surface area (TPSA) is 50.7 Å². The number of carbonyl (C=O) groups excluding carboxylic acids is 1. The highest BCUT2D eigenvalue weighted by atomic mass is 32.2. The van der Waals surface area contributed by atoms with Crippen LogP contribution < -0.4 is 10.1 Å². The number of nitrogens with zero attached hydrogens (tertiary/aromatic N) is 1. The number of para-hydroxylation sites is 2. The van der Waals surface area contributed by atoms with Crippen LogP contribution in [0.25, 0.3) is 0 Å². The second-order valence-electron chi connectivity index (χ2n) is 4.95. The molecule has 118 valence electrons. The van der Waals surface area contributed by atoms with E-state index < -0.39 is 0 Å². The summed E-state index contributed by atoms with van der Waals surface area (Å²) in [7, 11) is 0. The molecule has 1 amide bonds. The monoisotopic (exact) mass is 330 g/mol. The van der Waals surface area contributed by atoms with E-state index in [9.17, 15) is 9.18 Å². The van der Waals surface area contributed by atoms with E-state index in [0.717, 1.165) is 22.0 Å². The lowest BCUT2D eigenvalue weighted by atomic mass is 10.2. The number of nitrogens with one attached hydrogen (secondary N) is 1. The molecule has 1 aliphatic rings. The summed E-state index contributed by atoms with van der Waals surface area (Å²) in [6.07, 6.45) is 0. The van der Waals surface area contributed by atoms with Gasteiger partial charge in [-0.05, 0) is 29.8 Å². The number of ether oxygens (including phenoxy) is 1. The third kappa shape index (κ3) is 4.32. The summed E-state index contributed by atoms with van der Waals surface area (Å²) < 4.78 is 18.4. The first kappa shape index (κ1) is 15.6. The zero-order chi connectivity index (χ0) is 16.1. The van der Waals surface area contributed by atoms with Gasteiger partial charge in [0.25, 0.3) is 0 Å². The van der Waals surface area contributed by atoms with Gasteiger partial charge in [-0.1, -0.05) is 36.0 Å². The molecule has 0 spiro atoms. The SMILES string of the molecule is O=C(CSC1=Nc2ccccc2OC1)NCc1ccc(F)cc1. The number of thioether (sulfide) groups is 1. The van der Waals surface area contributed by atoms with Gasteiger partial charge < -0.3 is 10.1 Å². The van der Waals surface area contributed by atoms with E-state index >= 15 is 0 Å². The first-order valence-corrected chi connectivity index (χ1v) is 8.12. The average molecular weight is 330 g/mol. The van der Waals surface area contributed by atoms with Crippen LogP contribution in [0.2, 0.25) is 0 Å². The van der Waals surface area contributed by atoms with E-state index in [1.165, 1.54) is 23.9 Å². The maximum atomic E-state index is 12.8. The van der Waals surface area contributed by atoms with Crippen LogP contribution >= 0.6 is 11.8 Å². The minimum absolute atomic E-state index is 0.0964. The van der Waals surface area contributed by atoms with Crippen LogP contribution in [0.15, 0.2) is 53.5 Å². The molecule has 1 heterocycles. The Bertz CT molecular complexity index is 732. The Morgan fingerprint density at radius 1 is 1.22 bits per heavy atom. The van der Waals surface area contributed by atoms with Crippen molar-refractivity contribution in [1.82, 2.24) is 5.32 Å². The van der Waals surface area contributed by atoms with Gasteiger partial charge >= 0.3 is 0 Å². The number of aliphatic imine (C=N–C) groups is 1. The summed E-state index contributed by atoms with van der Waals surface area (Å²) in [6.45, 7) is 0.762. The first-order valence-electron chi connectivity index (χ1n) is 7.14. The van der Waals surface area contributed by atoms with Gasteiger partial charge in [0.15, 0.2) is 0 Å². The third-order valence-electron chi connectivity index (χ3n) is 3.23. The average Bonchev–Trinajstić information content (AvgIpc) is 2.59. The fourth-order valence-corrected chi connectivity index (χ4v) is 2.76. The largest absolute Gasteiger partial charge is 0.484 e. The van der Waals surface area contributed by atoms with E-state index in [-0.39, 0.29) is 17.5 Å². The Labute approximate surface area is 137 Å². The summed E-state index contributed by atoms with van der Waals surface area (Å²) in [5.41, 5.74) is 1.64. The van der Waals surface area contributed by atoms with Crippen molar-refractivity contribution in [1.29, 1.82) is 0 Å². The zero-order valence-corrected chi connectivity index (χ0v) is 13.1. The summed E-state index contributed by atoms with van der Waals surface area (Å²) in [6, 6.07) is 13.6. The lowest BCUT2D eigenvalue weighted by molar-refractivity contribution is -0.118. The molecule has 0 atom stereocenters. The molecular weight excluding hydrogens is 315 g/mol. The minimum Gasteiger partial charge on any atom is -0.484 e. The molecule has 0 aliphatic carbocycles. The van der Waals surface area contributed by atoms with Crippen molar-refractivity contribution in [2.75, 3.05) is 12.4 Å². The minimum atomic E-state index is -0.286. The van der Waals surface area contributed by atoms with Crippen molar-refractivity contribution in [3.05, 3.63) is 59.9 Å². The molecule has 3 rings (SSSR count). The molecule has 0 bridgehead atoms. The van der Waals surface area contributed by atoms with E-state index in [1.54, 1.807) is 12.1 Å². The molecule has 2 aromatic rings. The van der Waals surface area contributed by atoms with Gasteiger partial charge in [0.1, 0.15) is 28.9 Å². The Kier molecular flexibility index (Phi) is 4.92. The fourth-order valence-electron chi connectivity index (χ4n) is 2.05. The number of amides is 1.